The number of carbonyl (C=O) groups is 1. The van der Waals surface area contributed by atoms with Gasteiger partial charge in [-0.25, -0.2) is 9.37 Å². The summed E-state index contributed by atoms with van der Waals surface area (Å²) in [5.74, 6) is -0.852. The van der Waals surface area contributed by atoms with Gasteiger partial charge in [-0.3, -0.25) is 4.79 Å². The molecular weight excluding hydrogens is 135 g/mol. The number of aldehydes is 1. The zero-order valence-electron chi connectivity index (χ0n) is 5.04. The van der Waals surface area contributed by atoms with Crippen LogP contribution in [0.2, 0.25) is 0 Å². The molecule has 4 heteroatoms. The van der Waals surface area contributed by atoms with E-state index in [-0.39, 0.29) is 11.5 Å². The van der Waals surface area contributed by atoms with Crippen LogP contribution in [0.3, 0.4) is 0 Å². The van der Waals surface area contributed by atoms with Crippen molar-refractivity contribution in [3.05, 3.63) is 23.6 Å². The summed E-state index contributed by atoms with van der Waals surface area (Å²) in [7, 11) is 0. The highest BCUT2D eigenvalue weighted by Crippen LogP contribution is 2.04. The molecule has 0 aliphatic heterocycles. The zero-order valence-corrected chi connectivity index (χ0v) is 5.04. The smallest absolute Gasteiger partial charge is 0.168 e. The summed E-state index contributed by atoms with van der Waals surface area (Å²) in [4.78, 5) is 13.5. The van der Waals surface area contributed by atoms with Gasteiger partial charge in [0, 0.05) is 0 Å². The van der Waals surface area contributed by atoms with Crippen LogP contribution in [0, 0.1) is 5.82 Å². The van der Waals surface area contributed by atoms with E-state index in [0.717, 1.165) is 6.07 Å². The van der Waals surface area contributed by atoms with Crippen LogP contribution in [-0.4, -0.2) is 11.3 Å². The van der Waals surface area contributed by atoms with E-state index in [4.69, 9.17) is 5.73 Å². The van der Waals surface area contributed by atoms with Crippen molar-refractivity contribution >= 4 is 12.1 Å². The maximum absolute atomic E-state index is 12.3. The molecule has 2 N–H and O–H groups in total. The molecule has 3 nitrogen and oxygen atoms in total. The van der Waals surface area contributed by atoms with Crippen LogP contribution >= 0.6 is 0 Å². The second-order valence-corrected chi connectivity index (χ2v) is 1.72. The number of rotatable bonds is 1. The first kappa shape index (κ1) is 6.67. The van der Waals surface area contributed by atoms with E-state index in [1.165, 1.54) is 6.07 Å². The number of nitrogens with two attached hydrogens (primary N) is 1. The minimum absolute atomic E-state index is 0.138. The SMILES string of the molecule is Nc1nc(C=O)ccc1F. The monoisotopic (exact) mass is 140 g/mol. The number of carbonyl (C=O) groups excluding carboxylic acids is 1. The quantitative estimate of drug-likeness (QED) is 0.581. The minimum Gasteiger partial charge on any atom is -0.381 e. The molecule has 0 spiro atoms. The van der Waals surface area contributed by atoms with Gasteiger partial charge in [-0.05, 0) is 12.1 Å². The molecule has 1 heterocycles. The lowest BCUT2D eigenvalue weighted by Crippen LogP contribution is -1.97. The molecule has 0 amide bonds. The van der Waals surface area contributed by atoms with Crippen LogP contribution in [0.5, 0.6) is 0 Å². The number of hydrogen-bond donors (Lipinski definition) is 1. The third-order valence-corrected chi connectivity index (χ3v) is 1.02. The lowest BCUT2D eigenvalue weighted by molar-refractivity contribution is 0.111. The Hall–Kier alpha value is -1.45. The fourth-order valence-electron chi connectivity index (χ4n) is 0.539. The summed E-state index contributed by atoms with van der Waals surface area (Å²) in [6.45, 7) is 0. The predicted molar refractivity (Wildman–Crippen MR) is 34.0 cm³/mol. The van der Waals surface area contributed by atoms with Crippen molar-refractivity contribution in [1.29, 1.82) is 0 Å². The van der Waals surface area contributed by atoms with Crippen molar-refractivity contribution in [3.63, 3.8) is 0 Å². The third kappa shape index (κ3) is 1.10. The van der Waals surface area contributed by atoms with E-state index in [9.17, 15) is 9.18 Å². The molecule has 1 aromatic rings. The molecule has 0 saturated carbocycles. The number of nitrogens with zero attached hydrogens (tertiary/aromatic N) is 1. The fraction of sp³-hybridized carbons (Fsp3) is 0. The zero-order chi connectivity index (χ0) is 7.56. The molecule has 0 aliphatic carbocycles. The summed E-state index contributed by atoms with van der Waals surface area (Å²) < 4.78 is 12.3. The Balaban J connectivity index is 3.16. The standard InChI is InChI=1S/C6H5FN2O/c7-5-2-1-4(3-10)9-6(5)8/h1-3H,(H2,8,9). The molecule has 52 valence electrons. The van der Waals surface area contributed by atoms with Crippen molar-refractivity contribution < 1.29 is 9.18 Å². The van der Waals surface area contributed by atoms with Crippen molar-refractivity contribution in [3.8, 4) is 0 Å². The van der Waals surface area contributed by atoms with Gasteiger partial charge in [-0.2, -0.15) is 0 Å². The lowest BCUT2D eigenvalue weighted by atomic mass is 10.3. The Morgan fingerprint density at radius 3 is 2.80 bits per heavy atom. The molecule has 0 saturated heterocycles. The Kier molecular flexibility index (Phi) is 1.62. The van der Waals surface area contributed by atoms with Gasteiger partial charge in [-0.15, -0.1) is 0 Å². The average molecular weight is 140 g/mol. The van der Waals surface area contributed by atoms with E-state index < -0.39 is 5.82 Å². The topological polar surface area (TPSA) is 56.0 Å². The molecule has 0 fully saturated rings. The molecule has 10 heavy (non-hydrogen) atoms. The molecule has 0 aromatic carbocycles. The predicted octanol–water partition coefficient (Wildman–Crippen LogP) is 0.615. The van der Waals surface area contributed by atoms with Crippen LogP contribution < -0.4 is 5.73 Å². The Morgan fingerprint density at radius 2 is 2.30 bits per heavy atom. The van der Waals surface area contributed by atoms with Crippen LogP contribution in [-0.2, 0) is 0 Å². The molecule has 0 radical (unpaired) electrons. The molecule has 0 aliphatic rings. The second-order valence-electron chi connectivity index (χ2n) is 1.72. The molecule has 1 rings (SSSR count). The first-order chi connectivity index (χ1) is 4.74. The number of pyridine rings is 1. The van der Waals surface area contributed by atoms with Crippen LogP contribution in [0.4, 0.5) is 10.2 Å². The summed E-state index contributed by atoms with van der Waals surface area (Å²) in [5.41, 5.74) is 5.19. The normalized spacial score (nSPS) is 9.30. The van der Waals surface area contributed by atoms with Crippen molar-refractivity contribution in [2.24, 2.45) is 0 Å². The first-order valence-corrected chi connectivity index (χ1v) is 2.61. The van der Waals surface area contributed by atoms with Crippen molar-refractivity contribution in [2.75, 3.05) is 5.73 Å². The van der Waals surface area contributed by atoms with Gasteiger partial charge in [0.15, 0.2) is 17.9 Å². The highest BCUT2D eigenvalue weighted by molar-refractivity contribution is 5.72. The van der Waals surface area contributed by atoms with Gasteiger partial charge in [0.05, 0.1) is 0 Å². The van der Waals surface area contributed by atoms with Crippen molar-refractivity contribution in [1.82, 2.24) is 4.98 Å². The van der Waals surface area contributed by atoms with Crippen LogP contribution in [0.15, 0.2) is 12.1 Å². The van der Waals surface area contributed by atoms with Gasteiger partial charge in [0.1, 0.15) is 5.69 Å². The Labute approximate surface area is 56.7 Å². The summed E-state index contributed by atoms with van der Waals surface area (Å²) >= 11 is 0. The Bertz CT molecular complexity index is 262. The summed E-state index contributed by atoms with van der Waals surface area (Å²) in [5, 5.41) is 0. The lowest BCUT2D eigenvalue weighted by Gasteiger charge is -1.93. The molecule has 1 aromatic heterocycles. The number of anilines is 1. The van der Waals surface area contributed by atoms with Gasteiger partial charge in [-0.1, -0.05) is 0 Å². The molecule has 0 atom stereocenters. The highest BCUT2D eigenvalue weighted by atomic mass is 19.1. The number of halogens is 1. The molecule has 0 bridgehead atoms. The van der Waals surface area contributed by atoms with E-state index in [0.29, 0.717) is 6.29 Å². The first-order valence-electron chi connectivity index (χ1n) is 2.61. The summed E-state index contributed by atoms with van der Waals surface area (Å²) in [6.07, 6.45) is 0.510. The van der Waals surface area contributed by atoms with E-state index in [1.54, 1.807) is 0 Å². The number of hydrogen-bond acceptors (Lipinski definition) is 3. The Morgan fingerprint density at radius 1 is 1.60 bits per heavy atom. The molecular formula is C6H5FN2O. The van der Waals surface area contributed by atoms with E-state index in [2.05, 4.69) is 4.98 Å². The van der Waals surface area contributed by atoms with Crippen LogP contribution in [0.25, 0.3) is 0 Å². The van der Waals surface area contributed by atoms with Gasteiger partial charge in [0.2, 0.25) is 0 Å². The third-order valence-electron chi connectivity index (χ3n) is 1.02. The maximum atomic E-state index is 12.3. The highest BCUT2D eigenvalue weighted by Gasteiger charge is 1.98. The maximum Gasteiger partial charge on any atom is 0.168 e. The van der Waals surface area contributed by atoms with Gasteiger partial charge < -0.3 is 5.73 Å². The summed E-state index contributed by atoms with van der Waals surface area (Å²) in [6, 6.07) is 2.37. The number of nitrogen functional groups attached to an aromatic ring is 1. The van der Waals surface area contributed by atoms with Gasteiger partial charge >= 0.3 is 0 Å². The average Bonchev–Trinajstić information content (AvgIpc) is 1.95. The van der Waals surface area contributed by atoms with Gasteiger partial charge in [0.25, 0.3) is 0 Å². The fourth-order valence-corrected chi connectivity index (χ4v) is 0.539. The van der Waals surface area contributed by atoms with E-state index >= 15 is 0 Å². The second kappa shape index (κ2) is 2.43. The van der Waals surface area contributed by atoms with Crippen molar-refractivity contribution in [2.45, 2.75) is 0 Å². The van der Waals surface area contributed by atoms with E-state index in [1.807, 2.05) is 0 Å². The van der Waals surface area contributed by atoms with Crippen LogP contribution in [0.1, 0.15) is 10.5 Å². The number of aromatic nitrogens is 1. The minimum atomic E-state index is -0.606. The largest absolute Gasteiger partial charge is 0.381 e. The molecule has 0 unspecified atom stereocenters.